The molecular weight excluding hydrogens is 290 g/mol. The first-order valence-electron chi connectivity index (χ1n) is 7.42. The fourth-order valence-electron chi connectivity index (χ4n) is 2.63. The van der Waals surface area contributed by atoms with E-state index in [2.05, 4.69) is 11.1 Å². The summed E-state index contributed by atoms with van der Waals surface area (Å²) in [5.74, 6) is 1.36. The fraction of sp³-hybridized carbons (Fsp3) is 0.111. The van der Waals surface area contributed by atoms with E-state index in [0.29, 0.717) is 5.88 Å². The molecule has 4 aromatic rings. The van der Waals surface area contributed by atoms with E-state index in [1.54, 1.807) is 6.20 Å². The molecule has 1 aromatic carbocycles. The highest BCUT2D eigenvalue weighted by Crippen LogP contribution is 2.23. The second-order valence-corrected chi connectivity index (χ2v) is 5.20. The van der Waals surface area contributed by atoms with Gasteiger partial charge >= 0.3 is 0 Å². The van der Waals surface area contributed by atoms with Crippen LogP contribution in [0.3, 0.4) is 0 Å². The van der Waals surface area contributed by atoms with Crippen molar-refractivity contribution in [3.63, 3.8) is 0 Å². The SMILES string of the molecule is OCCOc1cc2ccn(-c3ccc4ccccc4n3)c2cn1. The Kier molecular flexibility index (Phi) is 3.40. The van der Waals surface area contributed by atoms with Crippen LogP contribution < -0.4 is 4.74 Å². The maximum absolute atomic E-state index is 8.82. The van der Waals surface area contributed by atoms with Gasteiger partial charge in [0.1, 0.15) is 12.4 Å². The van der Waals surface area contributed by atoms with Crippen LogP contribution in [0.1, 0.15) is 0 Å². The summed E-state index contributed by atoms with van der Waals surface area (Å²) in [5.41, 5.74) is 1.92. The zero-order valence-electron chi connectivity index (χ0n) is 12.4. The van der Waals surface area contributed by atoms with Crippen molar-refractivity contribution >= 4 is 21.8 Å². The molecule has 23 heavy (non-hydrogen) atoms. The molecule has 3 heterocycles. The van der Waals surface area contributed by atoms with Crippen molar-refractivity contribution in [2.75, 3.05) is 13.2 Å². The summed E-state index contributed by atoms with van der Waals surface area (Å²) in [5, 5.41) is 10.9. The van der Waals surface area contributed by atoms with Crippen LogP contribution in [0.4, 0.5) is 0 Å². The standard InChI is InChI=1S/C18H15N3O2/c22-9-10-23-18-11-14-7-8-21(16(14)12-19-18)17-6-5-13-3-1-2-4-15(13)20-17/h1-8,11-12,22H,9-10H2. The number of rotatable bonds is 4. The summed E-state index contributed by atoms with van der Waals surface area (Å²) in [4.78, 5) is 8.99. The lowest BCUT2D eigenvalue weighted by atomic mass is 10.2. The predicted molar refractivity (Wildman–Crippen MR) is 89.0 cm³/mol. The summed E-state index contributed by atoms with van der Waals surface area (Å²) in [6, 6.07) is 16.0. The Morgan fingerprint density at radius 2 is 1.96 bits per heavy atom. The smallest absolute Gasteiger partial charge is 0.213 e. The van der Waals surface area contributed by atoms with Gasteiger partial charge in [0.25, 0.3) is 0 Å². The molecule has 114 valence electrons. The molecule has 0 radical (unpaired) electrons. The van der Waals surface area contributed by atoms with E-state index in [9.17, 15) is 0 Å². The molecule has 0 unspecified atom stereocenters. The molecule has 0 aliphatic carbocycles. The number of aromatic nitrogens is 3. The highest BCUT2D eigenvalue weighted by Gasteiger charge is 2.07. The summed E-state index contributed by atoms with van der Waals surface area (Å²) in [6.07, 6.45) is 3.73. The molecule has 5 nitrogen and oxygen atoms in total. The number of hydrogen-bond acceptors (Lipinski definition) is 4. The molecule has 0 amide bonds. The number of aliphatic hydroxyl groups excluding tert-OH is 1. The summed E-state index contributed by atoms with van der Waals surface area (Å²) in [7, 11) is 0. The number of nitrogens with zero attached hydrogens (tertiary/aromatic N) is 3. The Bertz CT molecular complexity index is 978. The maximum atomic E-state index is 8.82. The van der Waals surface area contributed by atoms with E-state index < -0.39 is 0 Å². The van der Waals surface area contributed by atoms with Crippen LogP contribution in [0, 0.1) is 0 Å². The van der Waals surface area contributed by atoms with E-state index in [-0.39, 0.29) is 13.2 Å². The average Bonchev–Trinajstić information content (AvgIpc) is 3.02. The van der Waals surface area contributed by atoms with Crippen LogP contribution in [0.2, 0.25) is 0 Å². The van der Waals surface area contributed by atoms with E-state index >= 15 is 0 Å². The minimum Gasteiger partial charge on any atom is -0.475 e. The zero-order valence-corrected chi connectivity index (χ0v) is 12.4. The third-order valence-electron chi connectivity index (χ3n) is 3.72. The Hall–Kier alpha value is -2.92. The average molecular weight is 305 g/mol. The molecule has 1 N–H and O–H groups in total. The van der Waals surface area contributed by atoms with Gasteiger partial charge in [0, 0.05) is 23.0 Å². The number of pyridine rings is 2. The monoisotopic (exact) mass is 305 g/mol. The largest absolute Gasteiger partial charge is 0.475 e. The quantitative estimate of drug-likeness (QED) is 0.630. The lowest BCUT2D eigenvalue weighted by molar-refractivity contribution is 0.197. The third kappa shape index (κ3) is 2.51. The molecule has 0 aliphatic rings. The third-order valence-corrected chi connectivity index (χ3v) is 3.72. The molecule has 0 spiro atoms. The van der Waals surface area contributed by atoms with Crippen molar-refractivity contribution in [2.45, 2.75) is 0 Å². The van der Waals surface area contributed by atoms with Gasteiger partial charge in [0.15, 0.2) is 0 Å². The van der Waals surface area contributed by atoms with E-state index in [1.807, 2.05) is 53.2 Å². The van der Waals surface area contributed by atoms with Crippen LogP contribution >= 0.6 is 0 Å². The van der Waals surface area contributed by atoms with Crippen molar-refractivity contribution in [1.29, 1.82) is 0 Å². The first-order valence-corrected chi connectivity index (χ1v) is 7.42. The number of aliphatic hydroxyl groups is 1. The molecule has 0 saturated heterocycles. The first kappa shape index (κ1) is 13.7. The van der Waals surface area contributed by atoms with Crippen LogP contribution in [0.15, 0.2) is 60.9 Å². The molecule has 0 atom stereocenters. The van der Waals surface area contributed by atoms with Crippen molar-refractivity contribution in [1.82, 2.24) is 14.5 Å². The van der Waals surface area contributed by atoms with Crippen LogP contribution in [-0.4, -0.2) is 32.9 Å². The van der Waals surface area contributed by atoms with Gasteiger partial charge in [0.2, 0.25) is 5.88 Å². The lowest BCUT2D eigenvalue weighted by Crippen LogP contribution is -2.03. The van der Waals surface area contributed by atoms with Gasteiger partial charge in [-0.25, -0.2) is 9.97 Å². The van der Waals surface area contributed by atoms with Crippen LogP contribution in [-0.2, 0) is 0 Å². The highest BCUT2D eigenvalue weighted by atomic mass is 16.5. The molecule has 0 bridgehead atoms. The van der Waals surface area contributed by atoms with Gasteiger partial charge in [-0.1, -0.05) is 18.2 Å². The highest BCUT2D eigenvalue weighted by molar-refractivity contribution is 5.83. The molecule has 4 rings (SSSR count). The number of benzene rings is 1. The Labute approximate surface area is 132 Å². The first-order chi connectivity index (χ1) is 11.3. The normalized spacial score (nSPS) is 11.2. The minimum atomic E-state index is -0.0261. The van der Waals surface area contributed by atoms with E-state index in [4.69, 9.17) is 14.8 Å². The van der Waals surface area contributed by atoms with Crippen molar-refractivity contribution in [3.05, 3.63) is 60.9 Å². The molecule has 0 saturated carbocycles. The van der Waals surface area contributed by atoms with E-state index in [1.165, 1.54) is 0 Å². The molecule has 0 fully saturated rings. The second-order valence-electron chi connectivity index (χ2n) is 5.20. The second kappa shape index (κ2) is 5.70. The van der Waals surface area contributed by atoms with Crippen LogP contribution in [0.25, 0.3) is 27.6 Å². The maximum Gasteiger partial charge on any atom is 0.213 e. The molecular formula is C18H15N3O2. The van der Waals surface area contributed by atoms with E-state index in [0.717, 1.165) is 27.6 Å². The van der Waals surface area contributed by atoms with Crippen molar-refractivity contribution < 1.29 is 9.84 Å². The number of hydrogen-bond donors (Lipinski definition) is 1. The van der Waals surface area contributed by atoms with Gasteiger partial charge in [-0.05, 0) is 24.3 Å². The zero-order chi connectivity index (χ0) is 15.6. The number of para-hydroxylation sites is 1. The van der Waals surface area contributed by atoms with Gasteiger partial charge in [-0.3, -0.25) is 4.57 Å². The van der Waals surface area contributed by atoms with Gasteiger partial charge in [0.05, 0.1) is 23.8 Å². The van der Waals surface area contributed by atoms with Gasteiger partial charge in [-0.2, -0.15) is 0 Å². The topological polar surface area (TPSA) is 60.2 Å². The number of ether oxygens (including phenoxy) is 1. The Morgan fingerprint density at radius 3 is 2.87 bits per heavy atom. The fourth-order valence-corrected chi connectivity index (χ4v) is 2.63. The minimum absolute atomic E-state index is 0.0261. The Morgan fingerprint density at radius 1 is 1.04 bits per heavy atom. The Balaban J connectivity index is 1.78. The molecule has 5 heteroatoms. The summed E-state index contributed by atoms with van der Waals surface area (Å²) in [6.45, 7) is 0.215. The summed E-state index contributed by atoms with van der Waals surface area (Å²) < 4.78 is 7.35. The number of fused-ring (bicyclic) bond motifs is 2. The van der Waals surface area contributed by atoms with Crippen LogP contribution in [0.5, 0.6) is 5.88 Å². The van der Waals surface area contributed by atoms with Crippen molar-refractivity contribution in [2.24, 2.45) is 0 Å². The summed E-state index contributed by atoms with van der Waals surface area (Å²) >= 11 is 0. The predicted octanol–water partition coefficient (Wildman–Crippen LogP) is 2.94. The molecule has 3 aromatic heterocycles. The lowest BCUT2D eigenvalue weighted by Gasteiger charge is -2.07. The van der Waals surface area contributed by atoms with Gasteiger partial charge < -0.3 is 9.84 Å². The van der Waals surface area contributed by atoms with Gasteiger partial charge in [-0.15, -0.1) is 0 Å². The molecule has 0 aliphatic heterocycles. The van der Waals surface area contributed by atoms with Crippen molar-refractivity contribution in [3.8, 4) is 11.7 Å².